The summed E-state index contributed by atoms with van der Waals surface area (Å²) in [7, 11) is -2.05. The van der Waals surface area contributed by atoms with E-state index in [2.05, 4.69) is 4.90 Å². The molecular formula is C26H25FN2O4S. The summed E-state index contributed by atoms with van der Waals surface area (Å²) < 4.78 is 52.3. The van der Waals surface area contributed by atoms with Crippen LogP contribution in [0.5, 0.6) is 5.75 Å². The van der Waals surface area contributed by atoms with Gasteiger partial charge in [0.05, 0.1) is 18.6 Å². The standard InChI is InChI=1S/C26H25FN2O4S/c1-32-23-6-3-7-25(17-23)34(30,31)29-12-10-28(11-13-29)18-24-16-21-14-20(8-9-26(21)33-24)19-4-2-5-22(27)15-19/h2-9,14-17H,10-13,18H2,1H3. The third-order valence-electron chi connectivity index (χ3n) is 6.11. The van der Waals surface area contributed by atoms with Crippen molar-refractivity contribution in [1.29, 1.82) is 0 Å². The first kappa shape index (κ1) is 22.6. The largest absolute Gasteiger partial charge is 0.497 e. The van der Waals surface area contributed by atoms with Crippen molar-refractivity contribution in [2.24, 2.45) is 0 Å². The number of ether oxygens (including phenoxy) is 1. The van der Waals surface area contributed by atoms with E-state index in [1.165, 1.54) is 23.5 Å². The number of rotatable bonds is 6. The number of hydrogen-bond donors (Lipinski definition) is 0. The minimum Gasteiger partial charge on any atom is -0.497 e. The van der Waals surface area contributed by atoms with Gasteiger partial charge in [-0.3, -0.25) is 4.90 Å². The lowest BCUT2D eigenvalue weighted by Gasteiger charge is -2.33. The first-order valence-corrected chi connectivity index (χ1v) is 12.5. The smallest absolute Gasteiger partial charge is 0.243 e. The van der Waals surface area contributed by atoms with Crippen molar-refractivity contribution < 1.29 is 22.0 Å². The maximum atomic E-state index is 13.6. The molecule has 1 aromatic heterocycles. The average Bonchev–Trinajstić information content (AvgIpc) is 3.26. The van der Waals surface area contributed by atoms with Crippen molar-refractivity contribution in [3.63, 3.8) is 0 Å². The second-order valence-electron chi connectivity index (χ2n) is 8.33. The summed E-state index contributed by atoms with van der Waals surface area (Å²) >= 11 is 0. The molecule has 8 heteroatoms. The molecule has 5 rings (SSSR count). The molecule has 0 amide bonds. The lowest BCUT2D eigenvalue weighted by atomic mass is 10.0. The lowest BCUT2D eigenvalue weighted by Crippen LogP contribution is -2.48. The van der Waals surface area contributed by atoms with Gasteiger partial charge in [-0.2, -0.15) is 4.31 Å². The second kappa shape index (κ2) is 9.21. The third kappa shape index (κ3) is 4.57. The molecule has 0 N–H and O–H groups in total. The number of piperazine rings is 1. The monoisotopic (exact) mass is 480 g/mol. The van der Waals surface area contributed by atoms with Crippen LogP contribution >= 0.6 is 0 Å². The minimum absolute atomic E-state index is 0.242. The van der Waals surface area contributed by atoms with Crippen molar-refractivity contribution in [3.05, 3.63) is 84.4 Å². The molecule has 0 radical (unpaired) electrons. The molecule has 2 heterocycles. The number of halogens is 1. The molecule has 0 bridgehead atoms. The molecule has 0 unspecified atom stereocenters. The van der Waals surface area contributed by atoms with Crippen molar-refractivity contribution in [2.45, 2.75) is 11.4 Å². The molecule has 34 heavy (non-hydrogen) atoms. The zero-order valence-corrected chi connectivity index (χ0v) is 19.6. The number of fused-ring (bicyclic) bond motifs is 1. The van der Waals surface area contributed by atoms with Crippen LogP contribution in [0.2, 0.25) is 0 Å². The minimum atomic E-state index is -3.57. The summed E-state index contributed by atoms with van der Waals surface area (Å²) in [6.07, 6.45) is 0. The van der Waals surface area contributed by atoms with Crippen LogP contribution in [0.25, 0.3) is 22.1 Å². The Morgan fingerprint density at radius 1 is 0.912 bits per heavy atom. The highest BCUT2D eigenvalue weighted by Gasteiger charge is 2.29. The van der Waals surface area contributed by atoms with Crippen LogP contribution in [0.1, 0.15) is 5.76 Å². The molecule has 1 saturated heterocycles. The van der Waals surface area contributed by atoms with E-state index >= 15 is 0 Å². The molecular weight excluding hydrogens is 455 g/mol. The Bertz CT molecular complexity index is 1430. The Labute approximate surface area is 198 Å². The Balaban J connectivity index is 1.26. The van der Waals surface area contributed by atoms with Crippen LogP contribution < -0.4 is 4.74 Å². The van der Waals surface area contributed by atoms with Gasteiger partial charge in [-0.15, -0.1) is 0 Å². The highest BCUT2D eigenvalue weighted by molar-refractivity contribution is 7.89. The molecule has 176 valence electrons. The molecule has 1 aliphatic rings. The first-order chi connectivity index (χ1) is 16.4. The predicted octanol–water partition coefficient (Wildman–Crippen LogP) is 4.75. The van der Waals surface area contributed by atoms with E-state index in [1.807, 2.05) is 30.3 Å². The Kier molecular flexibility index (Phi) is 6.12. The van der Waals surface area contributed by atoms with Gasteiger partial charge in [-0.1, -0.05) is 24.3 Å². The van der Waals surface area contributed by atoms with E-state index in [0.717, 1.165) is 27.9 Å². The Morgan fingerprint density at radius 2 is 1.68 bits per heavy atom. The normalized spacial score (nSPS) is 15.6. The number of hydrogen-bond acceptors (Lipinski definition) is 5. The fourth-order valence-electron chi connectivity index (χ4n) is 4.28. The number of nitrogens with zero attached hydrogens (tertiary/aromatic N) is 2. The Morgan fingerprint density at radius 3 is 2.44 bits per heavy atom. The van der Waals surface area contributed by atoms with Gasteiger partial charge in [0.1, 0.15) is 22.9 Å². The first-order valence-electron chi connectivity index (χ1n) is 11.1. The van der Waals surface area contributed by atoms with Gasteiger partial charge in [-0.05, 0) is 53.6 Å². The molecule has 0 aliphatic carbocycles. The number of furan rings is 1. The van der Waals surface area contributed by atoms with E-state index in [-0.39, 0.29) is 10.7 Å². The van der Waals surface area contributed by atoms with Crippen molar-refractivity contribution >= 4 is 21.0 Å². The van der Waals surface area contributed by atoms with Gasteiger partial charge >= 0.3 is 0 Å². The number of methoxy groups -OCH3 is 1. The van der Waals surface area contributed by atoms with Crippen LogP contribution in [-0.2, 0) is 16.6 Å². The van der Waals surface area contributed by atoms with E-state index in [9.17, 15) is 12.8 Å². The Hall–Kier alpha value is -3.20. The lowest BCUT2D eigenvalue weighted by molar-refractivity contribution is 0.172. The summed E-state index contributed by atoms with van der Waals surface area (Å²) in [5.41, 5.74) is 2.52. The molecule has 0 saturated carbocycles. The van der Waals surface area contributed by atoms with Crippen molar-refractivity contribution in [3.8, 4) is 16.9 Å². The van der Waals surface area contributed by atoms with Gasteiger partial charge in [0.2, 0.25) is 10.0 Å². The summed E-state index contributed by atoms with van der Waals surface area (Å²) in [5, 5.41) is 0.955. The fourth-order valence-corrected chi connectivity index (χ4v) is 5.74. The van der Waals surface area contributed by atoms with Gasteiger partial charge < -0.3 is 9.15 Å². The van der Waals surface area contributed by atoms with Gasteiger partial charge in [-0.25, -0.2) is 12.8 Å². The topological polar surface area (TPSA) is 63.0 Å². The number of benzene rings is 3. The molecule has 0 spiro atoms. The van der Waals surface area contributed by atoms with E-state index in [4.69, 9.17) is 9.15 Å². The molecule has 4 aromatic rings. The third-order valence-corrected chi connectivity index (χ3v) is 8.01. The van der Waals surface area contributed by atoms with E-state index in [1.54, 1.807) is 30.3 Å². The zero-order valence-electron chi connectivity index (χ0n) is 18.8. The molecule has 1 aliphatic heterocycles. The van der Waals surface area contributed by atoms with Crippen LogP contribution in [0.3, 0.4) is 0 Å². The predicted molar refractivity (Wildman–Crippen MR) is 129 cm³/mol. The highest BCUT2D eigenvalue weighted by Crippen LogP contribution is 2.28. The highest BCUT2D eigenvalue weighted by atomic mass is 32.2. The summed E-state index contributed by atoms with van der Waals surface area (Å²) in [4.78, 5) is 2.43. The quantitative estimate of drug-likeness (QED) is 0.398. The average molecular weight is 481 g/mol. The molecule has 6 nitrogen and oxygen atoms in total. The fraction of sp³-hybridized carbons (Fsp3) is 0.231. The molecule has 1 fully saturated rings. The van der Waals surface area contributed by atoms with Crippen LogP contribution in [-0.4, -0.2) is 50.9 Å². The second-order valence-corrected chi connectivity index (χ2v) is 10.3. The molecule has 0 atom stereocenters. The van der Waals surface area contributed by atoms with Crippen LogP contribution in [0.4, 0.5) is 4.39 Å². The SMILES string of the molecule is COc1cccc(S(=O)(=O)N2CCN(Cc3cc4cc(-c5cccc(F)c5)ccc4o3)CC2)c1. The van der Waals surface area contributed by atoms with Crippen LogP contribution in [0, 0.1) is 5.82 Å². The molecule has 3 aromatic carbocycles. The summed E-state index contributed by atoms with van der Waals surface area (Å²) in [6, 6.07) is 20.9. The van der Waals surface area contributed by atoms with E-state index in [0.29, 0.717) is 38.5 Å². The van der Waals surface area contributed by atoms with Crippen molar-refractivity contribution in [2.75, 3.05) is 33.3 Å². The van der Waals surface area contributed by atoms with E-state index < -0.39 is 10.0 Å². The number of sulfonamides is 1. The van der Waals surface area contributed by atoms with Gasteiger partial charge in [0, 0.05) is 37.6 Å². The maximum absolute atomic E-state index is 13.6. The summed E-state index contributed by atoms with van der Waals surface area (Å²) in [5.74, 6) is 1.07. The zero-order chi connectivity index (χ0) is 23.7. The summed E-state index contributed by atoms with van der Waals surface area (Å²) in [6.45, 7) is 2.62. The van der Waals surface area contributed by atoms with Crippen molar-refractivity contribution in [1.82, 2.24) is 9.21 Å². The maximum Gasteiger partial charge on any atom is 0.243 e. The van der Waals surface area contributed by atoms with Gasteiger partial charge in [0.15, 0.2) is 0 Å². The van der Waals surface area contributed by atoms with Crippen LogP contribution in [0.15, 0.2) is 82.1 Å². The van der Waals surface area contributed by atoms with Gasteiger partial charge in [0.25, 0.3) is 0 Å².